The normalized spacial score (nSPS) is 9.89. The molecule has 0 spiro atoms. The second kappa shape index (κ2) is 8.56. The minimum Gasteiger partial charge on any atom is -0.497 e. The fourth-order valence-electron chi connectivity index (χ4n) is 2.53. The monoisotopic (exact) mass is 374 g/mol. The third kappa shape index (κ3) is 4.37. The third-order valence-corrected chi connectivity index (χ3v) is 3.93. The summed E-state index contributed by atoms with van der Waals surface area (Å²) < 4.78 is 10.4. The molecule has 0 aliphatic carbocycles. The fourth-order valence-corrected chi connectivity index (χ4v) is 2.53. The first-order valence-corrected chi connectivity index (χ1v) is 8.39. The van der Waals surface area contributed by atoms with Gasteiger partial charge in [-0.3, -0.25) is 4.79 Å². The van der Waals surface area contributed by atoms with Crippen LogP contribution in [0.3, 0.4) is 0 Å². The first-order chi connectivity index (χ1) is 13.6. The Morgan fingerprint density at radius 3 is 2.57 bits per heavy atom. The molecule has 0 aliphatic rings. The summed E-state index contributed by atoms with van der Waals surface area (Å²) in [7, 11) is 3.07. The van der Waals surface area contributed by atoms with Crippen LogP contribution in [0.1, 0.15) is 16.1 Å². The van der Waals surface area contributed by atoms with Crippen LogP contribution in [0, 0.1) is 11.3 Å². The third-order valence-electron chi connectivity index (χ3n) is 3.93. The molecule has 2 aromatic carbocycles. The van der Waals surface area contributed by atoms with Crippen molar-refractivity contribution in [1.29, 1.82) is 5.26 Å². The summed E-state index contributed by atoms with van der Waals surface area (Å²) in [6.07, 6.45) is 1.55. The van der Waals surface area contributed by atoms with Crippen molar-refractivity contribution >= 4 is 23.0 Å². The van der Waals surface area contributed by atoms with Crippen LogP contribution in [0.2, 0.25) is 0 Å². The van der Waals surface area contributed by atoms with E-state index in [9.17, 15) is 4.79 Å². The summed E-state index contributed by atoms with van der Waals surface area (Å²) in [5.41, 5.74) is 2.76. The van der Waals surface area contributed by atoms with E-state index in [2.05, 4.69) is 21.7 Å². The number of amides is 1. The van der Waals surface area contributed by atoms with Gasteiger partial charge in [0.1, 0.15) is 17.2 Å². The molecule has 0 atom stereocenters. The minimum absolute atomic E-state index is 0.251. The molecular formula is C21H18N4O3. The topological polar surface area (TPSA) is 96.3 Å². The van der Waals surface area contributed by atoms with Crippen LogP contribution < -0.4 is 20.1 Å². The number of rotatable bonds is 6. The molecule has 140 valence electrons. The van der Waals surface area contributed by atoms with Gasteiger partial charge in [0, 0.05) is 11.8 Å². The zero-order valence-corrected chi connectivity index (χ0v) is 15.4. The number of carbonyl (C=O) groups is 1. The van der Waals surface area contributed by atoms with Crippen molar-refractivity contribution in [1.82, 2.24) is 4.98 Å². The Hall–Kier alpha value is -4.05. The molecule has 7 heteroatoms. The van der Waals surface area contributed by atoms with Crippen LogP contribution in [0.15, 0.2) is 60.8 Å². The second-order valence-corrected chi connectivity index (χ2v) is 5.77. The molecule has 3 aromatic rings. The molecule has 0 aliphatic heterocycles. The van der Waals surface area contributed by atoms with Crippen LogP contribution in [0.25, 0.3) is 0 Å². The molecule has 1 aromatic heterocycles. The Balaban J connectivity index is 1.73. The van der Waals surface area contributed by atoms with Crippen molar-refractivity contribution in [3.8, 4) is 17.6 Å². The molecule has 1 heterocycles. The predicted octanol–water partition coefficient (Wildman–Crippen LogP) is 3.97. The summed E-state index contributed by atoms with van der Waals surface area (Å²) in [6, 6.07) is 17.7. The van der Waals surface area contributed by atoms with Crippen molar-refractivity contribution in [2.75, 3.05) is 24.9 Å². The van der Waals surface area contributed by atoms with Crippen molar-refractivity contribution in [2.45, 2.75) is 0 Å². The number of hydrogen-bond acceptors (Lipinski definition) is 6. The maximum Gasteiger partial charge on any atom is 0.274 e. The summed E-state index contributed by atoms with van der Waals surface area (Å²) in [5, 5.41) is 14.9. The molecule has 0 saturated heterocycles. The van der Waals surface area contributed by atoms with E-state index in [0.717, 1.165) is 5.69 Å². The molecule has 0 unspecified atom stereocenters. The van der Waals surface area contributed by atoms with Gasteiger partial charge in [0.15, 0.2) is 0 Å². The standard InChI is InChI=1S/C21H18N4O3/c1-27-17-7-9-20(28-2)19(11-17)25-21(26)18-8-6-16(13-23-18)24-15-5-3-4-14(10-15)12-22/h3-11,13,24H,1-2H3,(H,25,26). The van der Waals surface area contributed by atoms with Crippen molar-refractivity contribution in [3.05, 3.63) is 72.1 Å². The maximum atomic E-state index is 12.5. The van der Waals surface area contributed by atoms with Gasteiger partial charge in [0.2, 0.25) is 0 Å². The van der Waals surface area contributed by atoms with Gasteiger partial charge in [0.05, 0.1) is 43.4 Å². The Labute approximate surface area is 162 Å². The molecule has 0 bridgehead atoms. The number of hydrogen-bond donors (Lipinski definition) is 2. The van der Waals surface area contributed by atoms with Crippen LogP contribution in [-0.4, -0.2) is 25.1 Å². The Morgan fingerprint density at radius 1 is 1.04 bits per heavy atom. The van der Waals surface area contributed by atoms with E-state index >= 15 is 0 Å². The van der Waals surface area contributed by atoms with E-state index in [1.807, 2.05) is 6.07 Å². The number of ether oxygens (including phenoxy) is 2. The number of pyridine rings is 1. The average Bonchev–Trinajstić information content (AvgIpc) is 2.74. The van der Waals surface area contributed by atoms with E-state index in [1.54, 1.807) is 61.8 Å². The summed E-state index contributed by atoms with van der Waals surface area (Å²) in [5.74, 6) is 0.748. The van der Waals surface area contributed by atoms with Gasteiger partial charge in [-0.05, 0) is 42.5 Å². The van der Waals surface area contributed by atoms with Crippen LogP contribution in [0.5, 0.6) is 11.5 Å². The van der Waals surface area contributed by atoms with Gasteiger partial charge >= 0.3 is 0 Å². The molecule has 3 rings (SSSR count). The predicted molar refractivity (Wildman–Crippen MR) is 106 cm³/mol. The zero-order chi connectivity index (χ0) is 19.9. The Kier molecular flexibility index (Phi) is 5.72. The number of carbonyl (C=O) groups excluding carboxylic acids is 1. The lowest BCUT2D eigenvalue weighted by Crippen LogP contribution is -2.14. The Bertz CT molecular complexity index is 1030. The van der Waals surface area contributed by atoms with Crippen LogP contribution in [-0.2, 0) is 0 Å². The number of nitrogens with zero attached hydrogens (tertiary/aromatic N) is 2. The lowest BCUT2D eigenvalue weighted by molar-refractivity contribution is 0.102. The smallest absolute Gasteiger partial charge is 0.274 e. The SMILES string of the molecule is COc1ccc(OC)c(NC(=O)c2ccc(Nc3cccc(C#N)c3)cn2)c1. The number of benzene rings is 2. The Morgan fingerprint density at radius 2 is 1.89 bits per heavy atom. The highest BCUT2D eigenvalue weighted by molar-refractivity contribution is 6.03. The number of aromatic nitrogens is 1. The van der Waals surface area contributed by atoms with Crippen LogP contribution in [0.4, 0.5) is 17.1 Å². The van der Waals surface area contributed by atoms with Gasteiger partial charge in [-0.15, -0.1) is 0 Å². The maximum absolute atomic E-state index is 12.5. The molecule has 2 N–H and O–H groups in total. The van der Waals surface area contributed by atoms with Crippen LogP contribution >= 0.6 is 0 Å². The number of anilines is 3. The summed E-state index contributed by atoms with van der Waals surface area (Å²) in [6.45, 7) is 0. The van der Waals surface area contributed by atoms with E-state index in [0.29, 0.717) is 28.4 Å². The quantitative estimate of drug-likeness (QED) is 0.678. The van der Waals surface area contributed by atoms with Gasteiger partial charge < -0.3 is 20.1 Å². The molecule has 7 nitrogen and oxygen atoms in total. The number of methoxy groups -OCH3 is 2. The van der Waals surface area contributed by atoms with E-state index in [-0.39, 0.29) is 11.6 Å². The first-order valence-electron chi connectivity index (χ1n) is 8.39. The highest BCUT2D eigenvalue weighted by Crippen LogP contribution is 2.29. The van der Waals surface area contributed by atoms with Gasteiger partial charge in [0.25, 0.3) is 5.91 Å². The minimum atomic E-state index is -0.371. The second-order valence-electron chi connectivity index (χ2n) is 5.77. The van der Waals surface area contributed by atoms with Crippen molar-refractivity contribution in [2.24, 2.45) is 0 Å². The number of nitriles is 1. The van der Waals surface area contributed by atoms with Gasteiger partial charge in [-0.25, -0.2) is 4.98 Å². The lowest BCUT2D eigenvalue weighted by atomic mass is 10.2. The lowest BCUT2D eigenvalue weighted by Gasteiger charge is -2.12. The van der Waals surface area contributed by atoms with E-state index in [4.69, 9.17) is 14.7 Å². The van der Waals surface area contributed by atoms with Crippen molar-refractivity contribution < 1.29 is 14.3 Å². The molecule has 0 saturated carbocycles. The summed E-state index contributed by atoms with van der Waals surface area (Å²) in [4.78, 5) is 16.7. The fraction of sp³-hybridized carbons (Fsp3) is 0.0952. The van der Waals surface area contributed by atoms with E-state index < -0.39 is 0 Å². The highest BCUT2D eigenvalue weighted by atomic mass is 16.5. The first kappa shape index (κ1) is 18.7. The molecule has 1 amide bonds. The highest BCUT2D eigenvalue weighted by Gasteiger charge is 2.12. The molecular weight excluding hydrogens is 356 g/mol. The molecule has 28 heavy (non-hydrogen) atoms. The summed E-state index contributed by atoms with van der Waals surface area (Å²) >= 11 is 0. The molecule has 0 fully saturated rings. The van der Waals surface area contributed by atoms with Gasteiger partial charge in [-0.2, -0.15) is 5.26 Å². The number of nitrogens with one attached hydrogen (secondary N) is 2. The average molecular weight is 374 g/mol. The largest absolute Gasteiger partial charge is 0.497 e. The zero-order valence-electron chi connectivity index (χ0n) is 15.4. The van der Waals surface area contributed by atoms with E-state index in [1.165, 1.54) is 7.11 Å². The van der Waals surface area contributed by atoms with Gasteiger partial charge in [-0.1, -0.05) is 6.07 Å². The van der Waals surface area contributed by atoms with Crippen molar-refractivity contribution in [3.63, 3.8) is 0 Å². The molecule has 0 radical (unpaired) electrons.